The highest BCUT2D eigenvalue weighted by atomic mass is 16.6. The summed E-state index contributed by atoms with van der Waals surface area (Å²) in [5.41, 5.74) is 4.88. The van der Waals surface area contributed by atoms with E-state index in [-0.39, 0.29) is 29.7 Å². The lowest BCUT2D eigenvalue weighted by Crippen LogP contribution is -2.29. The molecule has 0 saturated carbocycles. The summed E-state index contributed by atoms with van der Waals surface area (Å²) in [5.74, 6) is -2.07. The Morgan fingerprint density at radius 3 is 2.50 bits per heavy atom. The predicted octanol–water partition coefficient (Wildman–Crippen LogP) is 1.57. The van der Waals surface area contributed by atoms with E-state index < -0.39 is 29.5 Å². The third-order valence-electron chi connectivity index (χ3n) is 3.24. The number of phenolic OH excluding ortho intramolecular Hbond substituents is 1. The van der Waals surface area contributed by atoms with Gasteiger partial charge in [0.15, 0.2) is 0 Å². The molecule has 0 bridgehead atoms. The highest BCUT2D eigenvalue weighted by molar-refractivity contribution is 6.01. The van der Waals surface area contributed by atoms with E-state index in [2.05, 4.69) is 9.73 Å². The number of rotatable bonds is 7. The summed E-state index contributed by atoms with van der Waals surface area (Å²) in [6, 6.07) is 3.29. The van der Waals surface area contributed by atoms with Gasteiger partial charge in [0.05, 0.1) is 12.7 Å². The van der Waals surface area contributed by atoms with Crippen molar-refractivity contribution < 1.29 is 29.0 Å². The van der Waals surface area contributed by atoms with Gasteiger partial charge in [0.25, 0.3) is 0 Å². The van der Waals surface area contributed by atoms with E-state index in [0.717, 1.165) is 0 Å². The second-order valence-electron chi connectivity index (χ2n) is 6.55. The molecule has 26 heavy (non-hydrogen) atoms. The van der Waals surface area contributed by atoms with E-state index >= 15 is 0 Å². The number of carbonyl (C=O) groups is 3. The average molecular weight is 364 g/mol. The largest absolute Gasteiger partial charge is 0.507 e. The Morgan fingerprint density at radius 2 is 1.96 bits per heavy atom. The van der Waals surface area contributed by atoms with Crippen LogP contribution in [0.1, 0.15) is 49.5 Å². The standard InChI is InChI=1S/C18H24N2O6/c1-18(2,3)26-15(22)9-8-13(16(19)23)20-10-12-11(17(24)25-4)6-5-7-14(12)21/h5-7,10,13,21H,8-9H2,1-4H3,(H2,19,23)/b20-10+/t13-/m0/s1. The van der Waals surface area contributed by atoms with E-state index in [1.54, 1.807) is 20.8 Å². The molecule has 1 rings (SSSR count). The Labute approximate surface area is 152 Å². The summed E-state index contributed by atoms with van der Waals surface area (Å²) >= 11 is 0. The first kappa shape index (κ1) is 21.1. The van der Waals surface area contributed by atoms with Gasteiger partial charge >= 0.3 is 11.9 Å². The van der Waals surface area contributed by atoms with E-state index in [0.29, 0.717) is 0 Å². The zero-order chi connectivity index (χ0) is 19.9. The third-order valence-corrected chi connectivity index (χ3v) is 3.24. The number of methoxy groups -OCH3 is 1. The van der Waals surface area contributed by atoms with Gasteiger partial charge in [0, 0.05) is 18.2 Å². The fourth-order valence-electron chi connectivity index (χ4n) is 2.08. The minimum Gasteiger partial charge on any atom is -0.507 e. The van der Waals surface area contributed by atoms with E-state index in [4.69, 9.17) is 10.5 Å². The smallest absolute Gasteiger partial charge is 0.338 e. The lowest BCUT2D eigenvalue weighted by molar-refractivity contribution is -0.155. The van der Waals surface area contributed by atoms with Gasteiger partial charge in [0.2, 0.25) is 5.91 Å². The summed E-state index contributed by atoms with van der Waals surface area (Å²) < 4.78 is 9.82. The molecule has 0 fully saturated rings. The minimum atomic E-state index is -1.01. The Balaban J connectivity index is 2.93. The van der Waals surface area contributed by atoms with Crippen LogP contribution >= 0.6 is 0 Å². The number of hydrogen-bond acceptors (Lipinski definition) is 7. The second kappa shape index (κ2) is 8.98. The summed E-state index contributed by atoms with van der Waals surface area (Å²) in [6.45, 7) is 5.21. The highest BCUT2D eigenvalue weighted by Crippen LogP contribution is 2.20. The van der Waals surface area contributed by atoms with Crippen LogP contribution in [-0.2, 0) is 19.1 Å². The van der Waals surface area contributed by atoms with Gasteiger partial charge in [-0.15, -0.1) is 0 Å². The van der Waals surface area contributed by atoms with Crippen molar-refractivity contribution in [3.8, 4) is 5.75 Å². The number of nitrogens with zero attached hydrogens (tertiary/aromatic N) is 1. The number of ether oxygens (including phenoxy) is 2. The van der Waals surface area contributed by atoms with Crippen LogP contribution < -0.4 is 5.73 Å². The second-order valence-corrected chi connectivity index (χ2v) is 6.55. The fourth-order valence-corrected chi connectivity index (χ4v) is 2.08. The Bertz CT molecular complexity index is 706. The van der Waals surface area contributed by atoms with Gasteiger partial charge in [-0.1, -0.05) is 6.07 Å². The molecule has 3 N–H and O–H groups in total. The van der Waals surface area contributed by atoms with E-state index in [9.17, 15) is 19.5 Å². The zero-order valence-corrected chi connectivity index (χ0v) is 15.3. The van der Waals surface area contributed by atoms with Crippen LogP contribution in [-0.4, -0.2) is 47.9 Å². The monoisotopic (exact) mass is 364 g/mol. The van der Waals surface area contributed by atoms with Gasteiger partial charge in [0.1, 0.15) is 17.4 Å². The molecule has 1 atom stereocenters. The van der Waals surface area contributed by atoms with Crippen molar-refractivity contribution in [3.63, 3.8) is 0 Å². The SMILES string of the molecule is COC(=O)c1cccc(O)c1/C=N/[C@@H](CCC(=O)OC(C)(C)C)C(N)=O. The normalized spacial score (nSPS) is 12.6. The van der Waals surface area contributed by atoms with Crippen LogP contribution in [0.3, 0.4) is 0 Å². The van der Waals surface area contributed by atoms with Crippen molar-refractivity contribution in [2.75, 3.05) is 7.11 Å². The molecule has 0 unspecified atom stereocenters. The van der Waals surface area contributed by atoms with Gasteiger partial charge in [-0.05, 0) is 39.3 Å². The molecule has 0 spiro atoms. The molecule has 1 amide bonds. The first-order chi connectivity index (χ1) is 12.0. The highest BCUT2D eigenvalue weighted by Gasteiger charge is 2.21. The molecule has 0 aliphatic carbocycles. The fraction of sp³-hybridized carbons (Fsp3) is 0.444. The predicted molar refractivity (Wildman–Crippen MR) is 95.1 cm³/mol. The molecule has 0 saturated heterocycles. The van der Waals surface area contributed by atoms with Crippen molar-refractivity contribution in [3.05, 3.63) is 29.3 Å². The number of benzene rings is 1. The summed E-state index contributed by atoms with van der Waals surface area (Å²) in [7, 11) is 1.21. The summed E-state index contributed by atoms with van der Waals surface area (Å²) in [6.07, 6.45) is 1.17. The molecule has 0 aliphatic rings. The van der Waals surface area contributed by atoms with Crippen LogP contribution in [0.15, 0.2) is 23.2 Å². The molecule has 8 heteroatoms. The minimum absolute atomic E-state index is 0.0436. The van der Waals surface area contributed by atoms with Crippen LogP contribution in [0.5, 0.6) is 5.75 Å². The Morgan fingerprint density at radius 1 is 1.31 bits per heavy atom. The summed E-state index contributed by atoms with van der Waals surface area (Å²) in [5, 5.41) is 9.94. The van der Waals surface area contributed by atoms with E-state index in [1.807, 2.05) is 0 Å². The van der Waals surface area contributed by atoms with Crippen molar-refractivity contribution in [1.29, 1.82) is 0 Å². The maximum absolute atomic E-state index is 11.8. The average Bonchev–Trinajstić information content (AvgIpc) is 2.53. The van der Waals surface area contributed by atoms with Gasteiger partial charge in [-0.3, -0.25) is 14.6 Å². The molecule has 1 aromatic carbocycles. The van der Waals surface area contributed by atoms with Crippen molar-refractivity contribution in [1.82, 2.24) is 0 Å². The van der Waals surface area contributed by atoms with Crippen molar-refractivity contribution in [2.45, 2.75) is 45.3 Å². The molecule has 142 valence electrons. The number of aromatic hydroxyl groups is 1. The maximum atomic E-state index is 11.8. The van der Waals surface area contributed by atoms with Crippen LogP contribution in [0.2, 0.25) is 0 Å². The topological polar surface area (TPSA) is 128 Å². The molecule has 0 heterocycles. The molecule has 0 aliphatic heterocycles. The van der Waals surface area contributed by atoms with Crippen LogP contribution in [0.25, 0.3) is 0 Å². The number of phenols is 1. The molecule has 8 nitrogen and oxygen atoms in total. The molecule has 0 aromatic heterocycles. The number of hydrogen-bond donors (Lipinski definition) is 2. The lowest BCUT2D eigenvalue weighted by Gasteiger charge is -2.19. The third kappa shape index (κ3) is 6.54. The Hall–Kier alpha value is -2.90. The number of nitrogens with two attached hydrogens (primary N) is 1. The first-order valence-electron chi connectivity index (χ1n) is 7.99. The number of primary amides is 1. The van der Waals surface area contributed by atoms with Gasteiger partial charge in [-0.2, -0.15) is 0 Å². The molecular formula is C18H24N2O6. The molecule has 1 aromatic rings. The number of aliphatic imine (C=N–C) groups is 1. The number of amides is 1. The van der Waals surface area contributed by atoms with Gasteiger partial charge in [-0.25, -0.2) is 4.79 Å². The number of carbonyl (C=O) groups excluding carboxylic acids is 3. The van der Waals surface area contributed by atoms with Gasteiger partial charge < -0.3 is 20.3 Å². The molecular weight excluding hydrogens is 340 g/mol. The maximum Gasteiger partial charge on any atom is 0.338 e. The van der Waals surface area contributed by atoms with Crippen molar-refractivity contribution in [2.24, 2.45) is 10.7 Å². The van der Waals surface area contributed by atoms with Crippen LogP contribution in [0, 0.1) is 0 Å². The lowest BCUT2D eigenvalue weighted by atomic mass is 10.1. The summed E-state index contributed by atoms with van der Waals surface area (Å²) in [4.78, 5) is 39.1. The molecule has 0 radical (unpaired) electrons. The number of esters is 2. The van der Waals surface area contributed by atoms with E-state index in [1.165, 1.54) is 31.5 Å². The van der Waals surface area contributed by atoms with Crippen molar-refractivity contribution >= 4 is 24.1 Å². The van der Waals surface area contributed by atoms with Crippen LogP contribution in [0.4, 0.5) is 0 Å². The Kier molecular flexibility index (Phi) is 7.30. The zero-order valence-electron chi connectivity index (χ0n) is 15.3. The quantitative estimate of drug-likeness (QED) is 0.558. The first-order valence-corrected chi connectivity index (χ1v) is 7.99.